The van der Waals surface area contributed by atoms with Gasteiger partial charge in [-0.05, 0) is 56.2 Å². The molecule has 0 saturated carbocycles. The summed E-state index contributed by atoms with van der Waals surface area (Å²) >= 11 is 0. The standard InChI is InChI=1S/C21H25N5O/c1-16(2)27-19-7-5-4-6-18(19)24-21-23-14-10-20(25-21)26(3)15-11-17-8-12-22-13-9-17/h4-10,12-14,16H,11,15H2,1-3H3,(H,23,24,25). The van der Waals surface area contributed by atoms with Gasteiger partial charge in [0.15, 0.2) is 0 Å². The number of benzene rings is 1. The smallest absolute Gasteiger partial charge is 0.229 e. The first-order valence-corrected chi connectivity index (χ1v) is 9.07. The number of aromatic nitrogens is 3. The first kappa shape index (κ1) is 18.6. The number of para-hydroxylation sites is 2. The Hall–Kier alpha value is -3.15. The molecule has 3 rings (SSSR count). The van der Waals surface area contributed by atoms with Crippen LogP contribution in [0.2, 0.25) is 0 Å². The molecule has 0 aliphatic carbocycles. The lowest BCUT2D eigenvalue weighted by atomic mass is 10.2. The van der Waals surface area contributed by atoms with E-state index in [0.717, 1.165) is 30.2 Å². The Balaban J connectivity index is 1.68. The Morgan fingerprint density at radius 2 is 1.81 bits per heavy atom. The average molecular weight is 363 g/mol. The molecule has 2 heterocycles. The van der Waals surface area contributed by atoms with Crippen molar-refractivity contribution in [3.05, 3.63) is 66.6 Å². The van der Waals surface area contributed by atoms with Crippen LogP contribution in [0.1, 0.15) is 19.4 Å². The van der Waals surface area contributed by atoms with Crippen molar-refractivity contribution in [3.8, 4) is 5.75 Å². The summed E-state index contributed by atoms with van der Waals surface area (Å²) in [5.74, 6) is 2.19. The van der Waals surface area contributed by atoms with E-state index in [1.807, 2.05) is 75.8 Å². The van der Waals surface area contributed by atoms with Crippen molar-refractivity contribution in [1.29, 1.82) is 0 Å². The lowest BCUT2D eigenvalue weighted by molar-refractivity contribution is 0.244. The molecule has 0 radical (unpaired) electrons. The van der Waals surface area contributed by atoms with E-state index in [9.17, 15) is 0 Å². The molecule has 1 N–H and O–H groups in total. The predicted octanol–water partition coefficient (Wildman–Crippen LogP) is 4.08. The quantitative estimate of drug-likeness (QED) is 0.651. The van der Waals surface area contributed by atoms with E-state index in [1.165, 1.54) is 5.56 Å². The normalized spacial score (nSPS) is 10.7. The van der Waals surface area contributed by atoms with E-state index < -0.39 is 0 Å². The maximum absolute atomic E-state index is 5.85. The Bertz CT molecular complexity index is 854. The summed E-state index contributed by atoms with van der Waals surface area (Å²) in [4.78, 5) is 15.1. The Morgan fingerprint density at radius 3 is 2.59 bits per heavy atom. The fourth-order valence-electron chi connectivity index (χ4n) is 2.63. The van der Waals surface area contributed by atoms with Crippen molar-refractivity contribution in [3.63, 3.8) is 0 Å². The average Bonchev–Trinajstić information content (AvgIpc) is 2.68. The second kappa shape index (κ2) is 8.98. The summed E-state index contributed by atoms with van der Waals surface area (Å²) in [5.41, 5.74) is 2.10. The summed E-state index contributed by atoms with van der Waals surface area (Å²) < 4.78 is 5.85. The third-order valence-electron chi connectivity index (χ3n) is 4.01. The van der Waals surface area contributed by atoms with E-state index in [-0.39, 0.29) is 6.10 Å². The maximum Gasteiger partial charge on any atom is 0.229 e. The Morgan fingerprint density at radius 1 is 1.04 bits per heavy atom. The van der Waals surface area contributed by atoms with Crippen LogP contribution >= 0.6 is 0 Å². The van der Waals surface area contributed by atoms with Crippen LogP contribution in [0.15, 0.2) is 61.1 Å². The van der Waals surface area contributed by atoms with Crippen LogP contribution in [0.3, 0.4) is 0 Å². The van der Waals surface area contributed by atoms with Gasteiger partial charge >= 0.3 is 0 Å². The van der Waals surface area contributed by atoms with Crippen molar-refractivity contribution in [1.82, 2.24) is 15.0 Å². The van der Waals surface area contributed by atoms with Gasteiger partial charge in [0.25, 0.3) is 0 Å². The SMILES string of the molecule is CC(C)Oc1ccccc1Nc1nccc(N(C)CCc2ccncc2)n1. The van der Waals surface area contributed by atoms with Gasteiger partial charge in [0.2, 0.25) is 5.95 Å². The van der Waals surface area contributed by atoms with Gasteiger partial charge in [0, 0.05) is 32.2 Å². The number of likely N-dealkylation sites (N-methyl/N-ethyl adjacent to an activating group) is 1. The van der Waals surface area contributed by atoms with Gasteiger partial charge in [0.1, 0.15) is 11.6 Å². The molecule has 0 spiro atoms. The first-order chi connectivity index (χ1) is 13.1. The lowest BCUT2D eigenvalue weighted by Gasteiger charge is -2.19. The number of nitrogens with zero attached hydrogens (tertiary/aromatic N) is 4. The van der Waals surface area contributed by atoms with Gasteiger partial charge in [-0.2, -0.15) is 4.98 Å². The molecular weight excluding hydrogens is 338 g/mol. The minimum absolute atomic E-state index is 0.0968. The summed E-state index contributed by atoms with van der Waals surface area (Å²) in [6.45, 7) is 4.87. The molecule has 27 heavy (non-hydrogen) atoms. The topological polar surface area (TPSA) is 63.2 Å². The minimum atomic E-state index is 0.0968. The molecule has 0 unspecified atom stereocenters. The molecule has 0 saturated heterocycles. The maximum atomic E-state index is 5.85. The molecule has 6 heteroatoms. The van der Waals surface area contributed by atoms with Crippen LogP contribution in [0.5, 0.6) is 5.75 Å². The molecule has 0 aliphatic heterocycles. The molecule has 1 aromatic carbocycles. The second-order valence-corrected chi connectivity index (χ2v) is 6.55. The summed E-state index contributed by atoms with van der Waals surface area (Å²) in [5, 5.41) is 3.26. The van der Waals surface area contributed by atoms with Gasteiger partial charge in [-0.3, -0.25) is 4.98 Å². The van der Waals surface area contributed by atoms with Crippen LogP contribution in [-0.4, -0.2) is 34.6 Å². The third-order valence-corrected chi connectivity index (χ3v) is 4.01. The molecule has 0 bridgehead atoms. The fraction of sp³-hybridized carbons (Fsp3) is 0.286. The van der Waals surface area contributed by atoms with Crippen molar-refractivity contribution >= 4 is 17.5 Å². The summed E-state index contributed by atoms with van der Waals surface area (Å²) in [7, 11) is 2.03. The van der Waals surface area contributed by atoms with Crippen molar-refractivity contribution in [2.45, 2.75) is 26.4 Å². The molecule has 0 atom stereocenters. The molecule has 0 amide bonds. The van der Waals surface area contributed by atoms with Crippen LogP contribution in [0, 0.1) is 0 Å². The Kier molecular flexibility index (Phi) is 6.20. The van der Waals surface area contributed by atoms with Crippen molar-refractivity contribution in [2.75, 3.05) is 23.8 Å². The van der Waals surface area contributed by atoms with Gasteiger partial charge in [-0.25, -0.2) is 4.98 Å². The zero-order valence-electron chi connectivity index (χ0n) is 16.0. The number of hydrogen-bond donors (Lipinski definition) is 1. The number of nitrogens with one attached hydrogen (secondary N) is 1. The van der Waals surface area contributed by atoms with Crippen LogP contribution in [0.25, 0.3) is 0 Å². The highest BCUT2D eigenvalue weighted by Crippen LogP contribution is 2.27. The highest BCUT2D eigenvalue weighted by atomic mass is 16.5. The van der Waals surface area contributed by atoms with Gasteiger partial charge in [-0.15, -0.1) is 0 Å². The number of rotatable bonds is 8. The summed E-state index contributed by atoms with van der Waals surface area (Å²) in [6, 6.07) is 13.8. The second-order valence-electron chi connectivity index (χ2n) is 6.55. The van der Waals surface area contributed by atoms with E-state index in [2.05, 4.69) is 25.2 Å². The van der Waals surface area contributed by atoms with Crippen LogP contribution in [0.4, 0.5) is 17.5 Å². The molecule has 0 fully saturated rings. The predicted molar refractivity (Wildman–Crippen MR) is 109 cm³/mol. The van der Waals surface area contributed by atoms with E-state index >= 15 is 0 Å². The third kappa shape index (κ3) is 5.41. The van der Waals surface area contributed by atoms with E-state index in [0.29, 0.717) is 5.95 Å². The highest BCUT2D eigenvalue weighted by molar-refractivity contribution is 5.63. The molecule has 2 aromatic heterocycles. The molecule has 140 valence electrons. The minimum Gasteiger partial charge on any atom is -0.489 e. The van der Waals surface area contributed by atoms with Crippen LogP contribution in [-0.2, 0) is 6.42 Å². The number of ether oxygens (including phenoxy) is 1. The summed E-state index contributed by atoms with van der Waals surface area (Å²) in [6.07, 6.45) is 6.42. The van der Waals surface area contributed by atoms with Gasteiger partial charge in [0.05, 0.1) is 11.8 Å². The zero-order valence-corrected chi connectivity index (χ0v) is 16.0. The molecule has 6 nitrogen and oxygen atoms in total. The van der Waals surface area contributed by atoms with E-state index in [4.69, 9.17) is 4.74 Å². The van der Waals surface area contributed by atoms with Crippen molar-refractivity contribution in [2.24, 2.45) is 0 Å². The monoisotopic (exact) mass is 363 g/mol. The zero-order chi connectivity index (χ0) is 19.1. The van der Waals surface area contributed by atoms with Crippen molar-refractivity contribution < 1.29 is 4.74 Å². The molecule has 0 aliphatic rings. The highest BCUT2D eigenvalue weighted by Gasteiger charge is 2.09. The van der Waals surface area contributed by atoms with Gasteiger partial charge in [-0.1, -0.05) is 12.1 Å². The number of anilines is 3. The van der Waals surface area contributed by atoms with E-state index in [1.54, 1.807) is 6.20 Å². The van der Waals surface area contributed by atoms with Gasteiger partial charge < -0.3 is 15.0 Å². The van der Waals surface area contributed by atoms with Crippen LogP contribution < -0.4 is 15.0 Å². The molecular formula is C21H25N5O. The Labute approximate surface area is 160 Å². The molecule has 3 aromatic rings. The fourth-order valence-corrected chi connectivity index (χ4v) is 2.63. The lowest BCUT2D eigenvalue weighted by Crippen LogP contribution is -2.21. The largest absolute Gasteiger partial charge is 0.489 e. The number of hydrogen-bond acceptors (Lipinski definition) is 6. The first-order valence-electron chi connectivity index (χ1n) is 9.07. The number of pyridine rings is 1.